The van der Waals surface area contributed by atoms with Crippen LogP contribution in [0, 0.1) is 12.8 Å². The fourth-order valence-electron chi connectivity index (χ4n) is 2.77. The van der Waals surface area contributed by atoms with Crippen LogP contribution in [0.15, 0.2) is 17.6 Å². The average molecular weight is 305 g/mol. The molecule has 1 amide bonds. The van der Waals surface area contributed by atoms with Crippen LogP contribution in [0.3, 0.4) is 0 Å². The highest BCUT2D eigenvalue weighted by Crippen LogP contribution is 2.25. The van der Waals surface area contributed by atoms with Crippen LogP contribution in [0.5, 0.6) is 0 Å². The van der Waals surface area contributed by atoms with Gasteiger partial charge in [-0.15, -0.1) is 11.3 Å². The van der Waals surface area contributed by atoms with Crippen molar-refractivity contribution in [3.63, 3.8) is 0 Å². The van der Waals surface area contributed by atoms with E-state index in [9.17, 15) is 4.79 Å². The van der Waals surface area contributed by atoms with E-state index < -0.39 is 0 Å². The Hall–Kier alpha value is -1.66. The summed E-state index contributed by atoms with van der Waals surface area (Å²) in [5.41, 5.74) is 2.47. The second kappa shape index (κ2) is 5.99. The molecule has 6 heteroatoms. The predicted octanol–water partition coefficient (Wildman–Crippen LogP) is 2.29. The molecule has 1 fully saturated rings. The zero-order valence-corrected chi connectivity index (χ0v) is 12.8. The maximum atomic E-state index is 12.5. The smallest absolute Gasteiger partial charge is 0.270 e. The summed E-state index contributed by atoms with van der Waals surface area (Å²) >= 11 is 1.60. The second-order valence-corrected chi connectivity index (χ2v) is 6.53. The first-order valence-electron chi connectivity index (χ1n) is 7.18. The van der Waals surface area contributed by atoms with Crippen LogP contribution in [-0.2, 0) is 0 Å². The van der Waals surface area contributed by atoms with Crippen molar-refractivity contribution in [2.75, 3.05) is 19.7 Å². The lowest BCUT2D eigenvalue weighted by Crippen LogP contribution is -2.29. The van der Waals surface area contributed by atoms with Gasteiger partial charge < -0.3 is 15.0 Å². The monoisotopic (exact) mass is 305 g/mol. The van der Waals surface area contributed by atoms with E-state index in [0.717, 1.165) is 42.2 Å². The third-order valence-corrected chi connectivity index (χ3v) is 4.71. The Bertz CT molecular complexity index is 634. The number of aryl methyl sites for hydroxylation is 1. The molecule has 5 nitrogen and oxygen atoms in total. The van der Waals surface area contributed by atoms with E-state index in [0.29, 0.717) is 11.6 Å². The molecule has 1 aliphatic heterocycles. The average Bonchev–Trinajstić information content (AvgIpc) is 3.17. The van der Waals surface area contributed by atoms with Crippen molar-refractivity contribution in [2.24, 2.45) is 5.92 Å². The Morgan fingerprint density at radius 3 is 3.19 bits per heavy atom. The first-order chi connectivity index (χ1) is 10.2. The number of rotatable bonds is 4. The molecule has 2 aromatic rings. The fraction of sp³-hybridized carbons (Fsp3) is 0.467. The van der Waals surface area contributed by atoms with Crippen molar-refractivity contribution in [1.82, 2.24) is 14.9 Å². The summed E-state index contributed by atoms with van der Waals surface area (Å²) in [6.45, 7) is 3.68. The number of carbonyl (C=O) groups excluding carboxylic acids is 1. The normalized spacial score (nSPS) is 18.4. The molecule has 0 spiro atoms. The summed E-state index contributed by atoms with van der Waals surface area (Å²) < 4.78 is 0. The van der Waals surface area contributed by atoms with Gasteiger partial charge in [0.25, 0.3) is 5.91 Å². The highest BCUT2D eigenvalue weighted by atomic mass is 32.1. The van der Waals surface area contributed by atoms with Gasteiger partial charge in [0.05, 0.1) is 10.7 Å². The van der Waals surface area contributed by atoms with Gasteiger partial charge in [-0.1, -0.05) is 0 Å². The summed E-state index contributed by atoms with van der Waals surface area (Å²) in [5.74, 6) is 0.461. The number of thiazole rings is 1. The number of nitrogens with one attached hydrogen (secondary N) is 1. The van der Waals surface area contributed by atoms with Gasteiger partial charge in [0.1, 0.15) is 5.69 Å². The highest BCUT2D eigenvalue weighted by Gasteiger charge is 2.27. The van der Waals surface area contributed by atoms with E-state index in [1.165, 1.54) is 0 Å². The number of aromatic amines is 1. The number of carbonyl (C=O) groups is 1. The molecule has 3 rings (SSSR count). The maximum Gasteiger partial charge on any atom is 0.270 e. The summed E-state index contributed by atoms with van der Waals surface area (Å²) in [6, 6.07) is 1.87. The van der Waals surface area contributed by atoms with Crippen LogP contribution in [0.4, 0.5) is 0 Å². The Labute approximate surface area is 127 Å². The Morgan fingerprint density at radius 2 is 2.48 bits per heavy atom. The van der Waals surface area contributed by atoms with E-state index in [1.807, 2.05) is 29.5 Å². The zero-order chi connectivity index (χ0) is 14.8. The van der Waals surface area contributed by atoms with Crippen molar-refractivity contribution >= 4 is 17.2 Å². The van der Waals surface area contributed by atoms with Crippen molar-refractivity contribution in [1.29, 1.82) is 0 Å². The van der Waals surface area contributed by atoms with Crippen molar-refractivity contribution in [3.05, 3.63) is 28.3 Å². The molecule has 0 bridgehead atoms. The summed E-state index contributed by atoms with van der Waals surface area (Å²) in [6.07, 6.45) is 3.59. The lowest BCUT2D eigenvalue weighted by molar-refractivity contribution is 0.0779. The fourth-order valence-corrected chi connectivity index (χ4v) is 3.39. The molecule has 21 heavy (non-hydrogen) atoms. The first-order valence-corrected chi connectivity index (χ1v) is 8.06. The lowest BCUT2D eigenvalue weighted by atomic mass is 10.1. The van der Waals surface area contributed by atoms with E-state index in [4.69, 9.17) is 5.11 Å². The molecule has 1 saturated heterocycles. The van der Waals surface area contributed by atoms with Crippen LogP contribution < -0.4 is 0 Å². The molecule has 1 atom stereocenters. The van der Waals surface area contributed by atoms with Crippen LogP contribution in [-0.4, -0.2) is 45.6 Å². The number of H-pyrrole nitrogens is 1. The Morgan fingerprint density at radius 1 is 1.62 bits per heavy atom. The van der Waals surface area contributed by atoms with E-state index in [-0.39, 0.29) is 12.5 Å². The third-order valence-electron chi connectivity index (χ3n) is 3.94. The number of hydrogen-bond acceptors (Lipinski definition) is 4. The molecule has 2 N–H and O–H groups in total. The molecule has 0 aromatic carbocycles. The summed E-state index contributed by atoms with van der Waals surface area (Å²) in [7, 11) is 0. The van der Waals surface area contributed by atoms with Gasteiger partial charge in [0, 0.05) is 36.8 Å². The zero-order valence-electron chi connectivity index (χ0n) is 12.0. The van der Waals surface area contributed by atoms with Gasteiger partial charge in [0.15, 0.2) is 0 Å². The van der Waals surface area contributed by atoms with Crippen molar-refractivity contribution in [3.8, 4) is 11.3 Å². The van der Waals surface area contributed by atoms with E-state index in [1.54, 1.807) is 11.3 Å². The minimum atomic E-state index is 0.0358. The minimum Gasteiger partial charge on any atom is -0.396 e. The van der Waals surface area contributed by atoms with Gasteiger partial charge in [-0.05, 0) is 31.7 Å². The van der Waals surface area contributed by atoms with Crippen LogP contribution >= 0.6 is 11.3 Å². The third kappa shape index (κ3) is 3.01. The molecule has 0 saturated carbocycles. The molecule has 1 aliphatic rings. The largest absolute Gasteiger partial charge is 0.396 e. The topological polar surface area (TPSA) is 69.2 Å². The van der Waals surface area contributed by atoms with Gasteiger partial charge in [-0.2, -0.15) is 0 Å². The molecular formula is C15H19N3O2S. The van der Waals surface area contributed by atoms with Gasteiger partial charge >= 0.3 is 0 Å². The van der Waals surface area contributed by atoms with Crippen LogP contribution in [0.1, 0.15) is 28.3 Å². The SMILES string of the molecule is Cc1nc(-c2c[nH]c(C(=O)N3CCC(CCO)C3)c2)cs1. The van der Waals surface area contributed by atoms with Crippen LogP contribution in [0.2, 0.25) is 0 Å². The minimum absolute atomic E-state index is 0.0358. The second-order valence-electron chi connectivity index (χ2n) is 5.47. The van der Waals surface area contributed by atoms with Gasteiger partial charge in [-0.3, -0.25) is 4.79 Å². The summed E-state index contributed by atoms with van der Waals surface area (Å²) in [4.78, 5) is 21.8. The van der Waals surface area contributed by atoms with E-state index >= 15 is 0 Å². The number of aliphatic hydroxyl groups is 1. The lowest BCUT2D eigenvalue weighted by Gasteiger charge is -2.15. The van der Waals surface area contributed by atoms with Crippen molar-refractivity contribution in [2.45, 2.75) is 19.8 Å². The number of aromatic nitrogens is 2. The molecule has 2 aromatic heterocycles. The summed E-state index contributed by atoms with van der Waals surface area (Å²) in [5, 5.41) is 12.0. The predicted molar refractivity (Wildman–Crippen MR) is 82.4 cm³/mol. The molecular weight excluding hydrogens is 286 g/mol. The number of aliphatic hydroxyl groups excluding tert-OH is 1. The first kappa shape index (κ1) is 14.3. The Balaban J connectivity index is 1.70. The molecule has 3 heterocycles. The number of likely N-dealkylation sites (tertiary alicyclic amines) is 1. The Kier molecular flexibility index (Phi) is 4.07. The molecule has 1 unspecified atom stereocenters. The standard InChI is InChI=1S/C15H19N3O2S/c1-10-17-14(9-21-10)12-6-13(16-7-12)15(20)18-4-2-11(8-18)3-5-19/h6-7,9,11,16,19H,2-5,8H2,1H3. The molecule has 0 radical (unpaired) electrons. The number of nitrogens with zero attached hydrogens (tertiary/aromatic N) is 2. The van der Waals surface area contributed by atoms with Crippen LogP contribution in [0.25, 0.3) is 11.3 Å². The van der Waals surface area contributed by atoms with Gasteiger partial charge in [0.2, 0.25) is 0 Å². The van der Waals surface area contributed by atoms with Gasteiger partial charge in [-0.25, -0.2) is 4.98 Å². The molecule has 112 valence electrons. The number of hydrogen-bond donors (Lipinski definition) is 2. The quantitative estimate of drug-likeness (QED) is 0.910. The van der Waals surface area contributed by atoms with E-state index in [2.05, 4.69) is 9.97 Å². The number of amides is 1. The maximum absolute atomic E-state index is 12.5. The highest BCUT2D eigenvalue weighted by molar-refractivity contribution is 7.09. The van der Waals surface area contributed by atoms with Crippen molar-refractivity contribution < 1.29 is 9.90 Å². The molecule has 0 aliphatic carbocycles.